The van der Waals surface area contributed by atoms with Gasteiger partial charge in [0.25, 0.3) is 10.0 Å². The number of nitrogen functional groups attached to an aromatic ring is 1. The number of aryl methyl sites for hydroxylation is 1. The lowest BCUT2D eigenvalue weighted by Crippen LogP contribution is -2.36. The first kappa shape index (κ1) is 13.4. The van der Waals surface area contributed by atoms with Gasteiger partial charge in [-0.3, -0.25) is 0 Å². The van der Waals surface area contributed by atoms with E-state index in [2.05, 4.69) is 20.8 Å². The van der Waals surface area contributed by atoms with E-state index in [1.807, 2.05) is 0 Å². The van der Waals surface area contributed by atoms with Gasteiger partial charge in [0.05, 0.1) is 4.90 Å². The lowest BCUT2D eigenvalue weighted by molar-refractivity contribution is 0.364. The number of anilines is 1. The van der Waals surface area contributed by atoms with E-state index in [0.29, 0.717) is 15.7 Å². The number of benzene rings is 1. The Kier molecular flexibility index (Phi) is 3.95. The first-order valence-electron chi connectivity index (χ1n) is 4.49. The molecule has 0 aliphatic heterocycles. The monoisotopic (exact) mass is 307 g/mol. The van der Waals surface area contributed by atoms with Gasteiger partial charge in [0.15, 0.2) is 0 Å². The van der Waals surface area contributed by atoms with Gasteiger partial charge < -0.3 is 5.73 Å². The number of hydrogen-bond donors (Lipinski definition) is 2. The zero-order valence-corrected chi connectivity index (χ0v) is 11.7. The average Bonchev–Trinajstić information content (AvgIpc) is 2.08. The molecule has 0 atom stereocenters. The Bertz CT molecular complexity index is 500. The summed E-state index contributed by atoms with van der Waals surface area (Å²) in [6.45, 7) is 1.72. The molecule has 1 rings (SSSR count). The number of nitrogens with zero attached hydrogens (tertiary/aromatic N) is 1. The summed E-state index contributed by atoms with van der Waals surface area (Å²) in [6.07, 6.45) is 0. The molecule has 0 heterocycles. The zero-order valence-electron chi connectivity index (χ0n) is 9.28. The largest absolute Gasteiger partial charge is 0.398 e. The first-order valence-corrected chi connectivity index (χ1v) is 6.77. The van der Waals surface area contributed by atoms with Gasteiger partial charge in [-0.05, 0) is 40.5 Å². The zero-order chi connectivity index (χ0) is 12.5. The molecular formula is C9H14BrN3O2S. The summed E-state index contributed by atoms with van der Waals surface area (Å²) in [4.78, 5) is 2.54. The number of rotatable bonds is 3. The van der Waals surface area contributed by atoms with E-state index in [-0.39, 0.29) is 4.90 Å². The van der Waals surface area contributed by atoms with Crippen molar-refractivity contribution in [1.29, 1.82) is 0 Å². The van der Waals surface area contributed by atoms with Gasteiger partial charge in [-0.2, -0.15) is 0 Å². The van der Waals surface area contributed by atoms with Crippen molar-refractivity contribution >= 4 is 31.6 Å². The molecule has 0 aromatic heterocycles. The predicted molar refractivity (Wildman–Crippen MR) is 67.3 cm³/mol. The number of nitrogens with one attached hydrogen (secondary N) is 1. The maximum atomic E-state index is 11.9. The lowest BCUT2D eigenvalue weighted by atomic mass is 10.2. The van der Waals surface area contributed by atoms with E-state index in [4.69, 9.17) is 5.73 Å². The first-order chi connectivity index (χ1) is 7.24. The summed E-state index contributed by atoms with van der Waals surface area (Å²) < 4.78 is 24.5. The van der Waals surface area contributed by atoms with E-state index >= 15 is 0 Å². The smallest absolute Gasteiger partial charge is 0.253 e. The van der Waals surface area contributed by atoms with Crippen molar-refractivity contribution in [2.75, 3.05) is 19.8 Å². The average molecular weight is 308 g/mol. The van der Waals surface area contributed by atoms with E-state index in [0.717, 1.165) is 0 Å². The van der Waals surface area contributed by atoms with Crippen LogP contribution in [0.25, 0.3) is 0 Å². The number of hydrazine groups is 1. The van der Waals surface area contributed by atoms with Gasteiger partial charge in [0.2, 0.25) is 0 Å². The minimum Gasteiger partial charge on any atom is -0.398 e. The van der Waals surface area contributed by atoms with Crippen LogP contribution in [0, 0.1) is 6.92 Å². The highest BCUT2D eigenvalue weighted by Crippen LogP contribution is 2.26. The fraction of sp³-hybridized carbons (Fsp3) is 0.333. The minimum atomic E-state index is -3.55. The molecule has 0 bridgehead atoms. The van der Waals surface area contributed by atoms with Crippen molar-refractivity contribution in [1.82, 2.24) is 9.84 Å². The number of hydrogen-bond acceptors (Lipinski definition) is 4. The van der Waals surface area contributed by atoms with Crippen molar-refractivity contribution in [2.45, 2.75) is 11.8 Å². The highest BCUT2D eigenvalue weighted by molar-refractivity contribution is 9.10. The van der Waals surface area contributed by atoms with Crippen LogP contribution in [0.3, 0.4) is 0 Å². The Morgan fingerprint density at radius 2 is 1.94 bits per heavy atom. The Hall–Kier alpha value is -0.630. The molecule has 0 amide bonds. The van der Waals surface area contributed by atoms with Crippen molar-refractivity contribution in [2.24, 2.45) is 0 Å². The summed E-state index contributed by atoms with van der Waals surface area (Å²) >= 11 is 3.25. The van der Waals surface area contributed by atoms with Crippen LogP contribution in [0.2, 0.25) is 0 Å². The number of nitrogens with two attached hydrogens (primary N) is 1. The van der Waals surface area contributed by atoms with Crippen molar-refractivity contribution in [3.63, 3.8) is 0 Å². The summed E-state index contributed by atoms with van der Waals surface area (Å²) in [6, 6.07) is 3.12. The molecule has 7 heteroatoms. The second kappa shape index (κ2) is 4.70. The predicted octanol–water partition coefficient (Wildman–Crippen LogP) is 1.09. The van der Waals surface area contributed by atoms with Crippen LogP contribution in [-0.4, -0.2) is 27.5 Å². The molecule has 1 aromatic carbocycles. The summed E-state index contributed by atoms with van der Waals surface area (Å²) in [5, 5.41) is 1.37. The molecular weight excluding hydrogens is 294 g/mol. The molecule has 3 N–H and O–H groups in total. The fourth-order valence-electron chi connectivity index (χ4n) is 1.25. The van der Waals surface area contributed by atoms with E-state index in [9.17, 15) is 8.42 Å². The van der Waals surface area contributed by atoms with Crippen LogP contribution in [0.15, 0.2) is 21.5 Å². The third kappa shape index (κ3) is 2.94. The van der Waals surface area contributed by atoms with Crippen LogP contribution >= 0.6 is 15.9 Å². The van der Waals surface area contributed by atoms with E-state index < -0.39 is 10.0 Å². The molecule has 0 spiro atoms. The van der Waals surface area contributed by atoms with Crippen molar-refractivity contribution in [3.8, 4) is 0 Å². The second-order valence-electron chi connectivity index (χ2n) is 3.63. The van der Waals surface area contributed by atoms with Gasteiger partial charge in [0.1, 0.15) is 0 Å². The number of halogens is 1. The SMILES string of the molecule is Cc1cc(Br)c(N)cc1S(=O)(=O)NN(C)C. The summed E-state index contributed by atoms with van der Waals surface area (Å²) in [5.74, 6) is 0. The van der Waals surface area contributed by atoms with Gasteiger partial charge >= 0.3 is 0 Å². The highest BCUT2D eigenvalue weighted by atomic mass is 79.9. The Labute approximate surface area is 104 Å². The molecule has 1 aromatic rings. The van der Waals surface area contributed by atoms with Crippen LogP contribution < -0.4 is 10.6 Å². The fourth-order valence-corrected chi connectivity index (χ4v) is 3.05. The molecule has 16 heavy (non-hydrogen) atoms. The normalized spacial score (nSPS) is 12.1. The van der Waals surface area contributed by atoms with Crippen LogP contribution in [0.1, 0.15) is 5.56 Å². The Morgan fingerprint density at radius 1 is 1.38 bits per heavy atom. The van der Waals surface area contributed by atoms with E-state index in [1.165, 1.54) is 11.1 Å². The van der Waals surface area contributed by atoms with Crippen LogP contribution in [-0.2, 0) is 10.0 Å². The van der Waals surface area contributed by atoms with Gasteiger partial charge in [-0.1, -0.05) is 0 Å². The third-order valence-electron chi connectivity index (χ3n) is 1.89. The topological polar surface area (TPSA) is 75.4 Å². The van der Waals surface area contributed by atoms with Crippen molar-refractivity contribution in [3.05, 3.63) is 22.2 Å². The van der Waals surface area contributed by atoms with Crippen LogP contribution in [0.4, 0.5) is 5.69 Å². The highest BCUT2D eigenvalue weighted by Gasteiger charge is 2.18. The summed E-state index contributed by atoms with van der Waals surface area (Å²) in [5.41, 5.74) is 6.69. The molecule has 5 nitrogen and oxygen atoms in total. The molecule has 0 fully saturated rings. The lowest BCUT2D eigenvalue weighted by Gasteiger charge is -2.15. The van der Waals surface area contributed by atoms with E-state index in [1.54, 1.807) is 27.1 Å². The van der Waals surface area contributed by atoms with Gasteiger partial charge in [-0.25, -0.2) is 13.4 Å². The molecule has 0 saturated heterocycles. The second-order valence-corrected chi connectivity index (χ2v) is 6.11. The van der Waals surface area contributed by atoms with Crippen LogP contribution in [0.5, 0.6) is 0 Å². The number of sulfonamides is 1. The minimum absolute atomic E-state index is 0.182. The quantitative estimate of drug-likeness (QED) is 0.647. The van der Waals surface area contributed by atoms with Crippen molar-refractivity contribution < 1.29 is 8.42 Å². The maximum absolute atomic E-state index is 11.9. The Morgan fingerprint density at radius 3 is 2.44 bits per heavy atom. The third-order valence-corrected chi connectivity index (χ3v) is 4.20. The van der Waals surface area contributed by atoms with Gasteiger partial charge in [0, 0.05) is 24.3 Å². The molecule has 0 radical (unpaired) electrons. The molecule has 0 aliphatic carbocycles. The Balaban J connectivity index is 3.29. The molecule has 0 saturated carbocycles. The molecule has 0 unspecified atom stereocenters. The maximum Gasteiger partial charge on any atom is 0.253 e. The summed E-state index contributed by atoms with van der Waals surface area (Å²) in [7, 11) is -0.342. The molecule has 0 aliphatic rings. The standard InChI is InChI=1S/C9H14BrN3O2S/c1-6-4-7(10)8(11)5-9(6)16(14,15)12-13(2)3/h4-5,12H,11H2,1-3H3. The van der Waals surface area contributed by atoms with Gasteiger partial charge in [-0.15, -0.1) is 4.83 Å². The molecule has 90 valence electrons.